The molecule has 1 aliphatic heterocycles. The van der Waals surface area contributed by atoms with Gasteiger partial charge in [0.25, 0.3) is 0 Å². The molecule has 0 amide bonds. The van der Waals surface area contributed by atoms with Gasteiger partial charge in [0.1, 0.15) is 0 Å². The summed E-state index contributed by atoms with van der Waals surface area (Å²) in [5.41, 5.74) is -0.0645. The molecule has 4 heteroatoms. The molecule has 1 aromatic rings. The van der Waals surface area contributed by atoms with Gasteiger partial charge in [0.05, 0.1) is 0 Å². The van der Waals surface area contributed by atoms with Crippen LogP contribution in [0.5, 0.6) is 0 Å². The Hall–Kier alpha value is -0.0313. The van der Waals surface area contributed by atoms with E-state index in [9.17, 15) is 0 Å². The van der Waals surface area contributed by atoms with E-state index in [1.54, 1.807) is 3.58 Å². The Balaban J connectivity index is 2.41. The molecule has 2 nitrogen and oxygen atoms in total. The molecule has 0 bridgehead atoms. The van der Waals surface area contributed by atoms with Gasteiger partial charge in [0, 0.05) is 0 Å². The van der Waals surface area contributed by atoms with Crippen LogP contribution < -0.4 is 3.58 Å². The first-order valence-electron chi connectivity index (χ1n) is 10.3. The SMILES string of the molecule is CCC[CH2][Sn]([CH2]CCC)([CH2]CCC)[c]1ccsc1C1=NC(C)(C)CO1. The average molecular weight is 470 g/mol. The Morgan fingerprint density at radius 1 is 1.04 bits per heavy atom. The summed E-state index contributed by atoms with van der Waals surface area (Å²) in [5, 5.41) is 2.30. The minimum atomic E-state index is -2.41. The molecule has 0 aliphatic carbocycles. The molecule has 0 N–H and O–H groups in total. The summed E-state index contributed by atoms with van der Waals surface area (Å²) in [6.07, 6.45) is 8.16. The van der Waals surface area contributed by atoms with Crippen molar-refractivity contribution in [3.63, 3.8) is 0 Å². The van der Waals surface area contributed by atoms with Crippen molar-refractivity contribution in [1.82, 2.24) is 0 Å². The van der Waals surface area contributed by atoms with Crippen LogP contribution in [-0.4, -0.2) is 36.4 Å². The summed E-state index contributed by atoms with van der Waals surface area (Å²) in [6.45, 7) is 12.1. The zero-order valence-corrected chi connectivity index (χ0v) is 20.7. The predicted molar refractivity (Wildman–Crippen MR) is 115 cm³/mol. The standard InChI is InChI=1S/C9H10NOS.3C4H9.Sn/c1-9(2)6-11-8(10-9)7-4-3-5-12-7;3*1-3-4-2;/h3,5H,6H2,1-2H3;3*1,3-4H2,2H3;. The van der Waals surface area contributed by atoms with E-state index in [0.29, 0.717) is 0 Å². The van der Waals surface area contributed by atoms with Crippen LogP contribution in [-0.2, 0) is 4.74 Å². The van der Waals surface area contributed by atoms with Crippen molar-refractivity contribution in [1.29, 1.82) is 0 Å². The van der Waals surface area contributed by atoms with Crippen molar-refractivity contribution < 1.29 is 4.74 Å². The van der Waals surface area contributed by atoms with Gasteiger partial charge in [-0.05, 0) is 0 Å². The molecule has 0 aromatic carbocycles. The Kier molecular flexibility index (Phi) is 8.32. The van der Waals surface area contributed by atoms with Gasteiger partial charge >= 0.3 is 164 Å². The van der Waals surface area contributed by atoms with Crippen molar-refractivity contribution >= 4 is 39.2 Å². The van der Waals surface area contributed by atoms with Crippen LogP contribution >= 0.6 is 11.3 Å². The van der Waals surface area contributed by atoms with Gasteiger partial charge in [0.2, 0.25) is 0 Å². The molecule has 0 fully saturated rings. The molecule has 2 heterocycles. The molecule has 0 radical (unpaired) electrons. The molecular weight excluding hydrogens is 433 g/mol. The number of hydrogen-bond donors (Lipinski definition) is 0. The quantitative estimate of drug-likeness (QED) is 0.345. The Labute approximate surface area is 163 Å². The van der Waals surface area contributed by atoms with Gasteiger partial charge < -0.3 is 0 Å². The summed E-state index contributed by atoms with van der Waals surface area (Å²) >= 11 is -0.538. The zero-order chi connectivity index (χ0) is 18.3. The van der Waals surface area contributed by atoms with E-state index in [2.05, 4.69) is 46.1 Å². The van der Waals surface area contributed by atoms with Gasteiger partial charge in [-0.3, -0.25) is 0 Å². The molecular formula is C21H37NOSSn. The normalized spacial score (nSPS) is 16.8. The molecule has 1 aliphatic rings. The molecule has 0 saturated heterocycles. The summed E-state index contributed by atoms with van der Waals surface area (Å²) in [6, 6.07) is 2.47. The van der Waals surface area contributed by atoms with Gasteiger partial charge in [-0.25, -0.2) is 0 Å². The van der Waals surface area contributed by atoms with Crippen molar-refractivity contribution in [3.05, 3.63) is 16.3 Å². The second kappa shape index (κ2) is 9.77. The van der Waals surface area contributed by atoms with Gasteiger partial charge in [-0.2, -0.15) is 0 Å². The molecule has 0 spiro atoms. The number of nitrogens with zero attached hydrogens (tertiary/aromatic N) is 1. The zero-order valence-electron chi connectivity index (χ0n) is 17.0. The Bertz CT molecular complexity index is 542. The molecule has 25 heavy (non-hydrogen) atoms. The van der Waals surface area contributed by atoms with Gasteiger partial charge in [-0.1, -0.05) is 0 Å². The van der Waals surface area contributed by atoms with Crippen LogP contribution in [0.3, 0.4) is 0 Å². The van der Waals surface area contributed by atoms with Crippen LogP contribution in [0.1, 0.15) is 78.0 Å². The van der Waals surface area contributed by atoms with Crippen LogP contribution in [0.15, 0.2) is 16.4 Å². The molecule has 0 atom stereocenters. The van der Waals surface area contributed by atoms with Crippen LogP contribution in [0.4, 0.5) is 0 Å². The summed E-state index contributed by atoms with van der Waals surface area (Å²) in [4.78, 5) is 6.31. The molecule has 142 valence electrons. The number of thiophene rings is 1. The van der Waals surface area contributed by atoms with Crippen LogP contribution in [0, 0.1) is 0 Å². The number of ether oxygens (including phenoxy) is 1. The average Bonchev–Trinajstić information content (AvgIpc) is 3.21. The first kappa shape index (κ1) is 21.3. The number of unbranched alkanes of at least 4 members (excludes halogenated alkanes) is 3. The fraction of sp³-hybridized carbons (Fsp3) is 0.762. The second-order valence-corrected chi connectivity index (χ2v) is 22.3. The van der Waals surface area contributed by atoms with E-state index in [4.69, 9.17) is 9.73 Å². The van der Waals surface area contributed by atoms with Crippen molar-refractivity contribution in [2.75, 3.05) is 6.61 Å². The monoisotopic (exact) mass is 471 g/mol. The van der Waals surface area contributed by atoms with Gasteiger partial charge in [0.15, 0.2) is 0 Å². The molecule has 0 saturated carbocycles. The fourth-order valence-corrected chi connectivity index (χ4v) is 23.2. The summed E-state index contributed by atoms with van der Waals surface area (Å²) in [7, 11) is 0. The van der Waals surface area contributed by atoms with E-state index >= 15 is 0 Å². The number of hydrogen-bond acceptors (Lipinski definition) is 3. The predicted octanol–water partition coefficient (Wildman–Crippen LogP) is 6.36. The molecule has 0 unspecified atom stereocenters. The third kappa shape index (κ3) is 5.47. The fourth-order valence-electron chi connectivity index (χ4n) is 3.92. The maximum absolute atomic E-state index is 6.06. The van der Waals surface area contributed by atoms with Crippen molar-refractivity contribution in [2.24, 2.45) is 4.99 Å². The molecule has 2 rings (SSSR count). The van der Waals surface area contributed by atoms with E-state index < -0.39 is 18.4 Å². The van der Waals surface area contributed by atoms with Crippen molar-refractivity contribution in [2.45, 2.75) is 92.0 Å². The minimum absolute atomic E-state index is 0.0645. The van der Waals surface area contributed by atoms with Crippen molar-refractivity contribution in [3.8, 4) is 0 Å². The Morgan fingerprint density at radius 3 is 2.04 bits per heavy atom. The third-order valence-corrected chi connectivity index (χ3v) is 22.5. The topological polar surface area (TPSA) is 21.6 Å². The maximum atomic E-state index is 6.06. The van der Waals surface area contributed by atoms with E-state index in [0.717, 1.165) is 12.5 Å². The number of aliphatic imine (C=N–C) groups is 1. The van der Waals surface area contributed by atoms with E-state index in [1.807, 2.05) is 11.3 Å². The summed E-state index contributed by atoms with van der Waals surface area (Å²) < 4.78 is 12.3. The number of rotatable bonds is 11. The van der Waals surface area contributed by atoms with E-state index in [-0.39, 0.29) is 5.54 Å². The van der Waals surface area contributed by atoms with Gasteiger partial charge in [-0.15, -0.1) is 0 Å². The second-order valence-electron chi connectivity index (χ2n) is 8.27. The van der Waals surface area contributed by atoms with Crippen LogP contribution in [0.2, 0.25) is 13.3 Å². The molecule has 1 aromatic heterocycles. The third-order valence-electron chi connectivity index (χ3n) is 5.42. The summed E-state index contributed by atoms with van der Waals surface area (Å²) in [5.74, 6) is 0.945. The first-order valence-corrected chi connectivity index (χ1v) is 18.6. The first-order chi connectivity index (χ1) is 12.0. The van der Waals surface area contributed by atoms with Crippen LogP contribution in [0.25, 0.3) is 0 Å². The Morgan fingerprint density at radius 2 is 1.60 bits per heavy atom. The van der Waals surface area contributed by atoms with E-state index in [1.165, 1.54) is 56.7 Å².